The van der Waals surface area contributed by atoms with Crippen LogP contribution < -0.4 is 0 Å². The molecule has 0 N–H and O–H groups in total. The third-order valence-electron chi connectivity index (χ3n) is 1.68. The summed E-state index contributed by atoms with van der Waals surface area (Å²) in [5.74, 6) is -0.527. The van der Waals surface area contributed by atoms with Crippen LogP contribution in [0.2, 0.25) is 0 Å². The Kier molecular flexibility index (Phi) is 3.15. The van der Waals surface area contributed by atoms with E-state index in [1.807, 2.05) is 6.07 Å². The highest BCUT2D eigenvalue weighted by atomic mass is 16.6. The number of rotatable bonds is 2. The van der Waals surface area contributed by atoms with Crippen LogP contribution in [0.15, 0.2) is 24.5 Å². The van der Waals surface area contributed by atoms with Crippen molar-refractivity contribution in [3.05, 3.63) is 24.5 Å². The van der Waals surface area contributed by atoms with E-state index in [4.69, 9.17) is 10.00 Å². The first-order valence-electron chi connectivity index (χ1n) is 4.69. The van der Waals surface area contributed by atoms with Crippen molar-refractivity contribution in [3.8, 4) is 6.07 Å². The SMILES string of the molecule is CC(C)(C)OC(=O)C(C#N)n1cccc1. The minimum Gasteiger partial charge on any atom is -0.458 e. The molecule has 15 heavy (non-hydrogen) atoms. The average molecular weight is 206 g/mol. The van der Waals surface area contributed by atoms with E-state index in [-0.39, 0.29) is 0 Å². The Morgan fingerprint density at radius 3 is 2.33 bits per heavy atom. The van der Waals surface area contributed by atoms with E-state index in [1.54, 1.807) is 45.3 Å². The zero-order valence-electron chi connectivity index (χ0n) is 9.10. The summed E-state index contributed by atoms with van der Waals surface area (Å²) in [6, 6.07) is 4.53. The van der Waals surface area contributed by atoms with Crippen molar-refractivity contribution in [1.82, 2.24) is 4.57 Å². The summed E-state index contributed by atoms with van der Waals surface area (Å²) in [6.07, 6.45) is 3.33. The molecule has 0 fully saturated rings. The molecule has 4 nitrogen and oxygen atoms in total. The lowest BCUT2D eigenvalue weighted by molar-refractivity contribution is -0.157. The predicted octanol–water partition coefficient (Wildman–Crippen LogP) is 1.89. The fourth-order valence-electron chi connectivity index (χ4n) is 1.12. The number of carbonyl (C=O) groups is 1. The van der Waals surface area contributed by atoms with Gasteiger partial charge < -0.3 is 9.30 Å². The van der Waals surface area contributed by atoms with Gasteiger partial charge in [-0.05, 0) is 32.9 Å². The van der Waals surface area contributed by atoms with Crippen LogP contribution >= 0.6 is 0 Å². The third-order valence-corrected chi connectivity index (χ3v) is 1.68. The van der Waals surface area contributed by atoms with E-state index >= 15 is 0 Å². The lowest BCUT2D eigenvalue weighted by atomic mass is 10.2. The van der Waals surface area contributed by atoms with Crippen LogP contribution in [-0.2, 0) is 9.53 Å². The topological polar surface area (TPSA) is 55.0 Å². The number of aromatic nitrogens is 1. The molecule has 0 saturated carbocycles. The zero-order chi connectivity index (χ0) is 11.5. The maximum Gasteiger partial charge on any atom is 0.344 e. The number of nitrogens with zero attached hydrogens (tertiary/aromatic N) is 2. The number of hydrogen-bond donors (Lipinski definition) is 0. The molecule has 80 valence electrons. The first-order valence-corrected chi connectivity index (χ1v) is 4.69. The zero-order valence-corrected chi connectivity index (χ0v) is 9.10. The van der Waals surface area contributed by atoms with Gasteiger partial charge in [-0.2, -0.15) is 5.26 Å². The van der Waals surface area contributed by atoms with E-state index < -0.39 is 17.6 Å². The molecule has 1 aromatic rings. The first-order chi connectivity index (χ1) is 6.94. The van der Waals surface area contributed by atoms with Crippen LogP contribution in [-0.4, -0.2) is 16.1 Å². The lowest BCUT2D eigenvalue weighted by Gasteiger charge is -2.21. The van der Waals surface area contributed by atoms with Crippen LogP contribution in [0.25, 0.3) is 0 Å². The van der Waals surface area contributed by atoms with Gasteiger partial charge in [0.1, 0.15) is 5.60 Å². The summed E-state index contributed by atoms with van der Waals surface area (Å²) in [5, 5.41) is 8.89. The van der Waals surface area contributed by atoms with E-state index in [0.717, 1.165) is 0 Å². The smallest absolute Gasteiger partial charge is 0.344 e. The van der Waals surface area contributed by atoms with Crippen molar-refractivity contribution in [1.29, 1.82) is 5.26 Å². The summed E-state index contributed by atoms with van der Waals surface area (Å²) in [4.78, 5) is 11.6. The molecule has 1 heterocycles. The maximum atomic E-state index is 11.6. The Bertz CT molecular complexity index is 368. The van der Waals surface area contributed by atoms with Crippen LogP contribution in [0.3, 0.4) is 0 Å². The molecule has 1 aromatic heterocycles. The van der Waals surface area contributed by atoms with Gasteiger partial charge in [0.05, 0.1) is 6.07 Å². The van der Waals surface area contributed by atoms with E-state index in [1.165, 1.54) is 4.57 Å². The Morgan fingerprint density at radius 1 is 1.40 bits per heavy atom. The lowest BCUT2D eigenvalue weighted by Crippen LogP contribution is -2.29. The summed E-state index contributed by atoms with van der Waals surface area (Å²) >= 11 is 0. The standard InChI is InChI=1S/C11H14N2O2/c1-11(2,3)15-10(14)9(8-12)13-6-4-5-7-13/h4-7,9H,1-3H3. The number of carbonyl (C=O) groups excluding carboxylic acids is 1. The highest BCUT2D eigenvalue weighted by Gasteiger charge is 2.25. The van der Waals surface area contributed by atoms with Gasteiger partial charge in [-0.3, -0.25) is 0 Å². The van der Waals surface area contributed by atoms with Gasteiger partial charge in [-0.25, -0.2) is 4.79 Å². The maximum absolute atomic E-state index is 11.6. The predicted molar refractivity (Wildman–Crippen MR) is 54.9 cm³/mol. The minimum absolute atomic E-state index is 0.527. The van der Waals surface area contributed by atoms with Gasteiger partial charge in [-0.1, -0.05) is 0 Å². The first kappa shape index (κ1) is 11.3. The monoisotopic (exact) mass is 206 g/mol. The van der Waals surface area contributed by atoms with Gasteiger partial charge in [0.15, 0.2) is 0 Å². The molecule has 0 aromatic carbocycles. The Balaban J connectivity index is 2.78. The quantitative estimate of drug-likeness (QED) is 0.694. The summed E-state index contributed by atoms with van der Waals surface area (Å²) in [7, 11) is 0. The molecule has 0 saturated heterocycles. The van der Waals surface area contributed by atoms with Crippen molar-refractivity contribution >= 4 is 5.97 Å². The number of nitriles is 1. The van der Waals surface area contributed by atoms with Crippen molar-refractivity contribution < 1.29 is 9.53 Å². The van der Waals surface area contributed by atoms with E-state index in [2.05, 4.69) is 0 Å². The second-order valence-electron chi connectivity index (χ2n) is 4.20. The van der Waals surface area contributed by atoms with Crippen molar-refractivity contribution in [2.45, 2.75) is 32.4 Å². The largest absolute Gasteiger partial charge is 0.458 e. The summed E-state index contributed by atoms with van der Waals surface area (Å²) in [5.41, 5.74) is -0.570. The molecule has 1 rings (SSSR count). The van der Waals surface area contributed by atoms with Gasteiger partial charge >= 0.3 is 5.97 Å². The molecule has 0 aliphatic rings. The molecule has 0 aliphatic heterocycles. The highest BCUT2D eigenvalue weighted by Crippen LogP contribution is 2.14. The molecular weight excluding hydrogens is 192 g/mol. The molecule has 0 bridgehead atoms. The van der Waals surface area contributed by atoms with Gasteiger partial charge in [0, 0.05) is 12.4 Å². The summed E-state index contributed by atoms with van der Waals surface area (Å²) < 4.78 is 6.65. The molecule has 0 amide bonds. The molecule has 0 spiro atoms. The molecule has 4 heteroatoms. The van der Waals surface area contributed by atoms with Gasteiger partial charge in [0.2, 0.25) is 6.04 Å². The molecule has 0 aliphatic carbocycles. The third kappa shape index (κ3) is 3.13. The van der Waals surface area contributed by atoms with E-state index in [0.29, 0.717) is 0 Å². The van der Waals surface area contributed by atoms with Crippen LogP contribution in [0.4, 0.5) is 0 Å². The van der Waals surface area contributed by atoms with Crippen LogP contribution in [0.5, 0.6) is 0 Å². The normalized spacial score (nSPS) is 12.9. The second-order valence-corrected chi connectivity index (χ2v) is 4.20. The fourth-order valence-corrected chi connectivity index (χ4v) is 1.12. The molecular formula is C11H14N2O2. The summed E-state index contributed by atoms with van der Waals surface area (Å²) in [6.45, 7) is 5.32. The molecule has 1 atom stereocenters. The Morgan fingerprint density at radius 2 is 1.93 bits per heavy atom. The number of hydrogen-bond acceptors (Lipinski definition) is 3. The van der Waals surface area contributed by atoms with Crippen LogP contribution in [0, 0.1) is 11.3 Å². The minimum atomic E-state index is -0.903. The Hall–Kier alpha value is -1.76. The second kappa shape index (κ2) is 4.18. The molecule has 0 radical (unpaired) electrons. The van der Waals surface area contributed by atoms with Crippen LogP contribution in [0.1, 0.15) is 26.8 Å². The Labute approximate surface area is 89.1 Å². The van der Waals surface area contributed by atoms with Crippen molar-refractivity contribution in [3.63, 3.8) is 0 Å². The average Bonchev–Trinajstić information content (AvgIpc) is 2.54. The van der Waals surface area contributed by atoms with Gasteiger partial charge in [-0.15, -0.1) is 0 Å². The van der Waals surface area contributed by atoms with E-state index in [9.17, 15) is 4.79 Å². The fraction of sp³-hybridized carbons (Fsp3) is 0.455. The highest BCUT2D eigenvalue weighted by molar-refractivity contribution is 5.77. The number of ether oxygens (including phenoxy) is 1. The van der Waals surface area contributed by atoms with Gasteiger partial charge in [0.25, 0.3) is 0 Å². The van der Waals surface area contributed by atoms with Crippen molar-refractivity contribution in [2.24, 2.45) is 0 Å². The molecule has 1 unspecified atom stereocenters. The number of esters is 1. The van der Waals surface area contributed by atoms with Crippen molar-refractivity contribution in [2.75, 3.05) is 0 Å².